The number of pyridine rings is 1. The van der Waals surface area contributed by atoms with Crippen LogP contribution in [-0.2, 0) is 6.42 Å². The number of nitrogens with one attached hydrogen (secondary N) is 1. The zero-order valence-corrected chi connectivity index (χ0v) is 15.4. The molecule has 7 heteroatoms. The van der Waals surface area contributed by atoms with Gasteiger partial charge in [-0.1, -0.05) is 24.8 Å². The first-order chi connectivity index (χ1) is 12.2. The van der Waals surface area contributed by atoms with E-state index in [9.17, 15) is 9.59 Å². The van der Waals surface area contributed by atoms with Crippen molar-refractivity contribution >= 4 is 39.9 Å². The fourth-order valence-corrected chi connectivity index (χ4v) is 4.65. The molecule has 0 saturated carbocycles. The molecule has 25 heavy (non-hydrogen) atoms. The molecule has 1 N–H and O–H groups in total. The summed E-state index contributed by atoms with van der Waals surface area (Å²) in [5.74, 6) is 0.957. The Hall–Kier alpha value is -1.99. The van der Waals surface area contributed by atoms with Crippen molar-refractivity contribution in [3.8, 4) is 10.4 Å². The molecule has 0 saturated heterocycles. The molecule has 128 valence electrons. The summed E-state index contributed by atoms with van der Waals surface area (Å²) < 4.78 is 0. The summed E-state index contributed by atoms with van der Waals surface area (Å²) >= 11 is 3.05. The van der Waals surface area contributed by atoms with Crippen molar-refractivity contribution in [3.05, 3.63) is 39.1 Å². The number of fused-ring (bicyclic) bond motifs is 2. The van der Waals surface area contributed by atoms with Crippen LogP contribution in [0.15, 0.2) is 27.5 Å². The average Bonchev–Trinajstić information content (AvgIpc) is 3.12. The van der Waals surface area contributed by atoms with E-state index in [4.69, 9.17) is 0 Å². The predicted molar refractivity (Wildman–Crippen MR) is 102 cm³/mol. The summed E-state index contributed by atoms with van der Waals surface area (Å²) in [5.41, 5.74) is 2.32. The number of hydrogen-bond donors (Lipinski definition) is 1. The first kappa shape index (κ1) is 16.5. The molecule has 0 bridgehead atoms. The van der Waals surface area contributed by atoms with E-state index in [2.05, 4.69) is 21.9 Å². The maximum Gasteiger partial charge on any atom is 0.261 e. The van der Waals surface area contributed by atoms with E-state index >= 15 is 0 Å². The highest BCUT2D eigenvalue weighted by molar-refractivity contribution is 7.99. The van der Waals surface area contributed by atoms with Gasteiger partial charge in [-0.3, -0.25) is 9.59 Å². The van der Waals surface area contributed by atoms with Gasteiger partial charge in [0.15, 0.2) is 16.6 Å². The number of Topliss-reactive ketones (excluding diaryl/α,β-unsaturated/α-hetero) is 1. The summed E-state index contributed by atoms with van der Waals surface area (Å²) in [7, 11) is 0. The predicted octanol–water partition coefficient (Wildman–Crippen LogP) is 4.07. The lowest BCUT2D eigenvalue weighted by Crippen LogP contribution is -2.19. The molecule has 0 aromatic carbocycles. The molecule has 3 aromatic heterocycles. The molecule has 0 spiro atoms. The minimum atomic E-state index is -0.222. The van der Waals surface area contributed by atoms with Gasteiger partial charge < -0.3 is 4.98 Å². The molecule has 0 radical (unpaired) electrons. The maximum absolute atomic E-state index is 12.8. The average molecular weight is 371 g/mol. The van der Waals surface area contributed by atoms with Crippen LogP contribution >= 0.6 is 23.1 Å². The zero-order chi connectivity index (χ0) is 17.4. The van der Waals surface area contributed by atoms with Crippen molar-refractivity contribution in [3.63, 3.8) is 0 Å². The van der Waals surface area contributed by atoms with Gasteiger partial charge in [0.05, 0.1) is 11.1 Å². The normalized spacial score (nSPS) is 14.0. The lowest BCUT2D eigenvalue weighted by molar-refractivity contribution is 0.0972. The molecule has 0 aliphatic heterocycles. The molecule has 0 fully saturated rings. The van der Waals surface area contributed by atoms with Gasteiger partial charge in [-0.25, -0.2) is 9.97 Å². The van der Waals surface area contributed by atoms with Crippen LogP contribution in [0.4, 0.5) is 0 Å². The lowest BCUT2D eigenvalue weighted by atomic mass is 9.89. The molecule has 1 aliphatic carbocycles. The largest absolute Gasteiger partial charge is 0.301 e. The number of carbonyl (C=O) groups excluding carboxylic acids is 1. The van der Waals surface area contributed by atoms with E-state index in [1.54, 1.807) is 0 Å². The van der Waals surface area contributed by atoms with Crippen LogP contribution < -0.4 is 5.56 Å². The van der Waals surface area contributed by atoms with Gasteiger partial charge in [-0.15, -0.1) is 11.3 Å². The topological polar surface area (TPSA) is 75.7 Å². The highest BCUT2D eigenvalue weighted by atomic mass is 32.2. The van der Waals surface area contributed by atoms with E-state index in [0.29, 0.717) is 33.7 Å². The fourth-order valence-electron chi connectivity index (χ4n) is 3.16. The van der Waals surface area contributed by atoms with E-state index in [-0.39, 0.29) is 11.3 Å². The summed E-state index contributed by atoms with van der Waals surface area (Å²) in [6, 6.07) is 3.87. The first-order valence-electron chi connectivity index (χ1n) is 8.35. The standard InChI is InChI=1S/C18H17N3O2S2/c1-2-8-25-18-20-16-15(17(23)21-18)14(12-7-4-9-24-12)13-10(19-16)5-3-6-11(13)22/h4,7,9H,2-3,5-6,8H2,1H3,(H,19,20,21,23). The van der Waals surface area contributed by atoms with Crippen molar-refractivity contribution < 1.29 is 4.79 Å². The Bertz CT molecular complexity index is 1010. The fraction of sp³-hybridized carbons (Fsp3) is 0.333. The Labute approximate surface area is 152 Å². The Kier molecular flexibility index (Phi) is 4.43. The van der Waals surface area contributed by atoms with Gasteiger partial charge in [0.1, 0.15) is 0 Å². The van der Waals surface area contributed by atoms with Gasteiger partial charge in [0.2, 0.25) is 0 Å². The summed E-state index contributed by atoms with van der Waals surface area (Å²) in [6.07, 6.45) is 3.06. The third kappa shape index (κ3) is 2.91. The number of rotatable bonds is 4. The van der Waals surface area contributed by atoms with Gasteiger partial charge in [-0.2, -0.15) is 0 Å². The number of aryl methyl sites for hydroxylation is 1. The first-order valence-corrected chi connectivity index (χ1v) is 10.2. The lowest BCUT2D eigenvalue weighted by Gasteiger charge is -2.18. The molecule has 1 aliphatic rings. The van der Waals surface area contributed by atoms with Crippen molar-refractivity contribution in [1.29, 1.82) is 0 Å². The number of thioether (sulfide) groups is 1. The van der Waals surface area contributed by atoms with Gasteiger partial charge >= 0.3 is 0 Å². The number of hydrogen-bond acceptors (Lipinski definition) is 6. The smallest absolute Gasteiger partial charge is 0.261 e. The van der Waals surface area contributed by atoms with E-state index in [1.807, 2.05) is 17.5 Å². The highest BCUT2D eigenvalue weighted by Crippen LogP contribution is 2.37. The second kappa shape index (κ2) is 6.72. The van der Waals surface area contributed by atoms with Crippen LogP contribution in [0.1, 0.15) is 42.2 Å². The van der Waals surface area contributed by atoms with Crippen LogP contribution in [0.5, 0.6) is 0 Å². The number of ketones is 1. The Balaban J connectivity index is 2.05. The SMILES string of the molecule is CCCSc1nc2nc3c(c(-c4cccs4)c2c(=O)[nH]1)C(=O)CCC3. The molecule has 3 aromatic rings. The Morgan fingerprint density at radius 3 is 2.88 bits per heavy atom. The summed E-state index contributed by atoms with van der Waals surface area (Å²) in [6.45, 7) is 2.08. The molecule has 0 amide bonds. The number of aromatic amines is 1. The monoisotopic (exact) mass is 371 g/mol. The van der Waals surface area contributed by atoms with E-state index in [1.165, 1.54) is 23.1 Å². The number of thiophene rings is 1. The van der Waals surface area contributed by atoms with Crippen LogP contribution in [0.25, 0.3) is 21.5 Å². The van der Waals surface area contributed by atoms with Crippen molar-refractivity contribution in [2.45, 2.75) is 37.8 Å². The van der Waals surface area contributed by atoms with Crippen LogP contribution in [0.3, 0.4) is 0 Å². The summed E-state index contributed by atoms with van der Waals surface area (Å²) in [4.78, 5) is 38.4. The second-order valence-corrected chi connectivity index (χ2v) is 8.01. The zero-order valence-electron chi connectivity index (χ0n) is 13.8. The van der Waals surface area contributed by atoms with Gasteiger partial charge in [0.25, 0.3) is 5.56 Å². The highest BCUT2D eigenvalue weighted by Gasteiger charge is 2.27. The van der Waals surface area contributed by atoms with Crippen LogP contribution in [-0.4, -0.2) is 26.5 Å². The van der Waals surface area contributed by atoms with E-state index < -0.39 is 0 Å². The van der Waals surface area contributed by atoms with E-state index in [0.717, 1.165) is 35.6 Å². The Morgan fingerprint density at radius 1 is 1.24 bits per heavy atom. The maximum atomic E-state index is 12.8. The number of carbonyl (C=O) groups is 1. The molecule has 5 nitrogen and oxygen atoms in total. The Morgan fingerprint density at radius 2 is 2.12 bits per heavy atom. The van der Waals surface area contributed by atoms with Crippen LogP contribution in [0, 0.1) is 0 Å². The van der Waals surface area contributed by atoms with Crippen LogP contribution in [0.2, 0.25) is 0 Å². The minimum Gasteiger partial charge on any atom is -0.301 e. The number of nitrogens with zero attached hydrogens (tertiary/aromatic N) is 2. The van der Waals surface area contributed by atoms with Gasteiger partial charge in [0, 0.05) is 28.2 Å². The third-order valence-electron chi connectivity index (χ3n) is 4.21. The van der Waals surface area contributed by atoms with Gasteiger partial charge in [-0.05, 0) is 30.7 Å². The summed E-state index contributed by atoms with van der Waals surface area (Å²) in [5, 5.41) is 2.97. The quantitative estimate of drug-likeness (QED) is 0.553. The molecule has 0 atom stereocenters. The molecule has 4 rings (SSSR count). The molecule has 0 unspecified atom stereocenters. The molecule has 3 heterocycles. The number of aromatic nitrogens is 3. The molecular formula is C18H17N3O2S2. The molecular weight excluding hydrogens is 354 g/mol. The van der Waals surface area contributed by atoms with Crippen molar-refractivity contribution in [2.24, 2.45) is 0 Å². The number of H-pyrrole nitrogens is 1. The minimum absolute atomic E-state index is 0.0721. The van der Waals surface area contributed by atoms with Crippen molar-refractivity contribution in [2.75, 3.05) is 5.75 Å². The third-order valence-corrected chi connectivity index (χ3v) is 6.18. The second-order valence-electron chi connectivity index (χ2n) is 5.98. The van der Waals surface area contributed by atoms with Crippen molar-refractivity contribution in [1.82, 2.24) is 15.0 Å².